The minimum absolute atomic E-state index is 0.751. The number of rotatable bonds is 1. The van der Waals surface area contributed by atoms with Crippen LogP contribution in [0.4, 0.5) is 0 Å². The smallest absolute Gasteiger partial charge is 0.0136 e. The van der Waals surface area contributed by atoms with Gasteiger partial charge in [-0.1, -0.05) is 18.2 Å². The first-order valence-electron chi connectivity index (χ1n) is 6.68. The maximum atomic E-state index is 3.69. The van der Waals surface area contributed by atoms with E-state index >= 15 is 0 Å². The van der Waals surface area contributed by atoms with Crippen LogP contribution in [-0.4, -0.2) is 12.6 Å². The van der Waals surface area contributed by atoms with Gasteiger partial charge in [0.25, 0.3) is 0 Å². The van der Waals surface area contributed by atoms with Crippen LogP contribution in [-0.2, 0) is 6.42 Å². The van der Waals surface area contributed by atoms with E-state index in [4.69, 9.17) is 0 Å². The lowest BCUT2D eigenvalue weighted by molar-refractivity contribution is 0.431. The van der Waals surface area contributed by atoms with Gasteiger partial charge in [0.2, 0.25) is 0 Å². The quantitative estimate of drug-likeness (QED) is 0.758. The fraction of sp³-hybridized carbons (Fsp3) is 0.600. The van der Waals surface area contributed by atoms with Crippen molar-refractivity contribution < 1.29 is 0 Å². The van der Waals surface area contributed by atoms with Crippen molar-refractivity contribution >= 4 is 0 Å². The second kappa shape index (κ2) is 4.21. The molecule has 0 saturated carbocycles. The SMILES string of the molecule is Cc1cccc2c1CCCC2C1CCCN1. The largest absolute Gasteiger partial charge is 0.313 e. The highest BCUT2D eigenvalue weighted by atomic mass is 14.9. The van der Waals surface area contributed by atoms with Crippen molar-refractivity contribution in [1.82, 2.24) is 5.32 Å². The zero-order valence-corrected chi connectivity index (χ0v) is 10.1. The second-order valence-electron chi connectivity index (χ2n) is 5.34. The van der Waals surface area contributed by atoms with E-state index < -0.39 is 0 Å². The normalized spacial score (nSPS) is 29.1. The van der Waals surface area contributed by atoms with E-state index in [2.05, 4.69) is 30.4 Å². The summed E-state index contributed by atoms with van der Waals surface area (Å²) in [5, 5.41) is 3.69. The molecule has 0 radical (unpaired) electrons. The highest BCUT2D eigenvalue weighted by Gasteiger charge is 2.29. The summed E-state index contributed by atoms with van der Waals surface area (Å²) >= 11 is 0. The average Bonchev–Trinajstić information content (AvgIpc) is 2.82. The van der Waals surface area contributed by atoms with Crippen LogP contribution in [0.1, 0.15) is 48.3 Å². The summed E-state index contributed by atoms with van der Waals surface area (Å²) in [7, 11) is 0. The Labute approximate surface area is 98.3 Å². The fourth-order valence-corrected chi connectivity index (χ4v) is 3.54. The number of hydrogen-bond donors (Lipinski definition) is 1. The van der Waals surface area contributed by atoms with Gasteiger partial charge in [0, 0.05) is 6.04 Å². The first-order valence-corrected chi connectivity index (χ1v) is 6.68. The van der Waals surface area contributed by atoms with E-state index in [0.717, 1.165) is 12.0 Å². The molecule has 2 atom stereocenters. The van der Waals surface area contributed by atoms with Crippen molar-refractivity contribution in [2.75, 3.05) is 6.54 Å². The van der Waals surface area contributed by atoms with Gasteiger partial charge in [0.1, 0.15) is 0 Å². The molecule has 1 N–H and O–H groups in total. The van der Waals surface area contributed by atoms with Crippen molar-refractivity contribution in [2.45, 2.75) is 51.0 Å². The highest BCUT2D eigenvalue weighted by Crippen LogP contribution is 2.37. The minimum atomic E-state index is 0.751. The van der Waals surface area contributed by atoms with Crippen molar-refractivity contribution in [1.29, 1.82) is 0 Å². The Morgan fingerprint density at radius 1 is 1.19 bits per heavy atom. The van der Waals surface area contributed by atoms with E-state index in [1.807, 2.05) is 0 Å². The van der Waals surface area contributed by atoms with Crippen molar-refractivity contribution in [3.8, 4) is 0 Å². The summed E-state index contributed by atoms with van der Waals surface area (Å²) < 4.78 is 0. The molecule has 1 fully saturated rings. The van der Waals surface area contributed by atoms with Crippen molar-refractivity contribution in [3.05, 3.63) is 34.9 Å². The van der Waals surface area contributed by atoms with E-state index in [0.29, 0.717) is 0 Å². The lowest BCUT2D eigenvalue weighted by atomic mass is 9.77. The van der Waals surface area contributed by atoms with Crippen LogP contribution >= 0.6 is 0 Å². The van der Waals surface area contributed by atoms with Gasteiger partial charge in [0.05, 0.1) is 0 Å². The molecule has 86 valence electrons. The lowest BCUT2D eigenvalue weighted by Crippen LogP contribution is -2.31. The monoisotopic (exact) mass is 215 g/mol. The van der Waals surface area contributed by atoms with E-state index in [9.17, 15) is 0 Å². The molecule has 1 aliphatic heterocycles. The lowest BCUT2D eigenvalue weighted by Gasteiger charge is -2.31. The van der Waals surface area contributed by atoms with Gasteiger partial charge >= 0.3 is 0 Å². The Bertz CT molecular complexity index is 377. The van der Waals surface area contributed by atoms with Gasteiger partial charge in [-0.05, 0) is 68.2 Å². The standard InChI is InChI=1S/C15H21N/c1-11-5-2-7-13-12(11)6-3-8-14(13)15-9-4-10-16-15/h2,5,7,14-16H,3-4,6,8-10H2,1H3. The van der Waals surface area contributed by atoms with Crippen LogP contribution in [0, 0.1) is 6.92 Å². The first-order chi connectivity index (χ1) is 7.86. The van der Waals surface area contributed by atoms with Crippen LogP contribution in [0.2, 0.25) is 0 Å². The molecule has 1 heterocycles. The highest BCUT2D eigenvalue weighted by molar-refractivity contribution is 5.39. The van der Waals surface area contributed by atoms with Gasteiger partial charge in [-0.2, -0.15) is 0 Å². The van der Waals surface area contributed by atoms with Crippen molar-refractivity contribution in [2.24, 2.45) is 0 Å². The van der Waals surface area contributed by atoms with Crippen LogP contribution in [0.5, 0.6) is 0 Å². The van der Waals surface area contributed by atoms with Gasteiger partial charge in [-0.25, -0.2) is 0 Å². The second-order valence-corrected chi connectivity index (χ2v) is 5.34. The Hall–Kier alpha value is -0.820. The Morgan fingerprint density at radius 3 is 2.94 bits per heavy atom. The summed E-state index contributed by atoms with van der Waals surface area (Å²) in [6, 6.07) is 7.62. The van der Waals surface area contributed by atoms with Crippen LogP contribution in [0.3, 0.4) is 0 Å². The van der Waals surface area contributed by atoms with E-state index in [1.165, 1.54) is 44.2 Å². The molecule has 1 heteroatoms. The summed E-state index contributed by atoms with van der Waals surface area (Å²) in [4.78, 5) is 0. The third-order valence-electron chi connectivity index (χ3n) is 4.37. The average molecular weight is 215 g/mol. The molecule has 16 heavy (non-hydrogen) atoms. The zero-order chi connectivity index (χ0) is 11.0. The number of fused-ring (bicyclic) bond motifs is 1. The number of benzene rings is 1. The van der Waals surface area contributed by atoms with Gasteiger partial charge in [-0.3, -0.25) is 0 Å². The number of hydrogen-bond acceptors (Lipinski definition) is 1. The molecule has 1 aliphatic carbocycles. The first kappa shape index (κ1) is 10.3. The molecule has 1 aromatic rings. The Kier molecular flexibility index (Phi) is 2.72. The Balaban J connectivity index is 1.96. The molecule has 0 spiro atoms. The fourth-order valence-electron chi connectivity index (χ4n) is 3.54. The molecule has 1 aromatic carbocycles. The summed E-state index contributed by atoms with van der Waals surface area (Å²) in [5.74, 6) is 0.783. The molecule has 0 aromatic heterocycles. The van der Waals surface area contributed by atoms with E-state index in [-0.39, 0.29) is 0 Å². The molecule has 2 aliphatic rings. The third kappa shape index (κ3) is 1.67. The van der Waals surface area contributed by atoms with Crippen molar-refractivity contribution in [3.63, 3.8) is 0 Å². The van der Waals surface area contributed by atoms with Crippen LogP contribution in [0.25, 0.3) is 0 Å². The third-order valence-corrected chi connectivity index (χ3v) is 4.37. The van der Waals surface area contributed by atoms with Crippen LogP contribution < -0.4 is 5.32 Å². The van der Waals surface area contributed by atoms with E-state index in [1.54, 1.807) is 11.1 Å². The Morgan fingerprint density at radius 2 is 2.12 bits per heavy atom. The van der Waals surface area contributed by atoms with Crippen LogP contribution in [0.15, 0.2) is 18.2 Å². The molecular formula is C15H21N. The summed E-state index contributed by atoms with van der Waals surface area (Å²) in [6.45, 7) is 3.49. The minimum Gasteiger partial charge on any atom is -0.313 e. The molecule has 2 unspecified atom stereocenters. The summed E-state index contributed by atoms with van der Waals surface area (Å²) in [5.41, 5.74) is 4.79. The zero-order valence-electron chi connectivity index (χ0n) is 10.1. The van der Waals surface area contributed by atoms with Gasteiger partial charge in [0.15, 0.2) is 0 Å². The number of aryl methyl sites for hydroxylation is 1. The molecule has 0 amide bonds. The predicted molar refractivity (Wildman–Crippen MR) is 67.9 cm³/mol. The maximum Gasteiger partial charge on any atom is 0.0136 e. The molecule has 3 rings (SSSR count). The molecular weight excluding hydrogens is 194 g/mol. The molecule has 1 saturated heterocycles. The molecule has 0 bridgehead atoms. The number of nitrogens with one attached hydrogen (secondary N) is 1. The van der Waals surface area contributed by atoms with Gasteiger partial charge in [-0.15, -0.1) is 0 Å². The van der Waals surface area contributed by atoms with Gasteiger partial charge < -0.3 is 5.32 Å². The maximum absolute atomic E-state index is 3.69. The molecule has 1 nitrogen and oxygen atoms in total. The summed E-state index contributed by atoms with van der Waals surface area (Å²) in [6.07, 6.45) is 6.79. The predicted octanol–water partition coefficient (Wildman–Crippen LogP) is 3.17. The topological polar surface area (TPSA) is 12.0 Å².